The summed E-state index contributed by atoms with van der Waals surface area (Å²) in [6.07, 6.45) is 3.75. The van der Waals surface area contributed by atoms with Crippen molar-refractivity contribution in [1.82, 2.24) is 9.62 Å². The quantitative estimate of drug-likeness (QED) is 0.654. The smallest absolute Gasteiger partial charge is 0.251 e. The summed E-state index contributed by atoms with van der Waals surface area (Å²) >= 11 is 0. The summed E-state index contributed by atoms with van der Waals surface area (Å²) in [5.41, 5.74) is 1.06. The molecule has 1 fully saturated rings. The molecule has 166 valence electrons. The lowest BCUT2D eigenvalue weighted by Crippen LogP contribution is -2.43. The number of rotatable bonds is 8. The average molecular weight is 444 g/mol. The van der Waals surface area contributed by atoms with Crippen molar-refractivity contribution < 1.29 is 18.0 Å². The Balaban J connectivity index is 1.53. The Kier molecular flexibility index (Phi) is 7.81. The van der Waals surface area contributed by atoms with E-state index >= 15 is 0 Å². The van der Waals surface area contributed by atoms with Crippen LogP contribution in [0.25, 0.3) is 0 Å². The van der Waals surface area contributed by atoms with Crippen LogP contribution in [0, 0.1) is 0 Å². The van der Waals surface area contributed by atoms with Gasteiger partial charge in [-0.1, -0.05) is 31.5 Å². The second kappa shape index (κ2) is 10.5. The van der Waals surface area contributed by atoms with E-state index in [0.29, 0.717) is 17.8 Å². The highest BCUT2D eigenvalue weighted by Gasteiger charge is 2.32. The van der Waals surface area contributed by atoms with E-state index < -0.39 is 10.0 Å². The Morgan fingerprint density at radius 1 is 1.03 bits per heavy atom. The number of anilines is 1. The third kappa shape index (κ3) is 5.92. The number of piperidine rings is 1. The van der Waals surface area contributed by atoms with Gasteiger partial charge >= 0.3 is 0 Å². The maximum absolute atomic E-state index is 13.0. The summed E-state index contributed by atoms with van der Waals surface area (Å²) in [7, 11) is -3.55. The first-order chi connectivity index (χ1) is 14.9. The Labute approximate surface area is 183 Å². The molecule has 1 aliphatic heterocycles. The first-order valence-electron chi connectivity index (χ1n) is 10.7. The molecule has 2 N–H and O–H groups in total. The first-order valence-corrected chi connectivity index (χ1v) is 12.1. The highest BCUT2D eigenvalue weighted by molar-refractivity contribution is 7.89. The average Bonchev–Trinajstić information content (AvgIpc) is 2.80. The molecule has 1 saturated heterocycles. The normalized spacial score (nSPS) is 17.1. The summed E-state index contributed by atoms with van der Waals surface area (Å²) < 4.78 is 27.6. The summed E-state index contributed by atoms with van der Waals surface area (Å²) in [6.45, 7) is 2.77. The Bertz CT molecular complexity index is 991. The molecule has 0 bridgehead atoms. The van der Waals surface area contributed by atoms with Crippen molar-refractivity contribution in [1.29, 1.82) is 0 Å². The summed E-state index contributed by atoms with van der Waals surface area (Å²) in [4.78, 5) is 24.4. The number of nitrogens with zero attached hydrogens (tertiary/aromatic N) is 1. The molecule has 0 saturated carbocycles. The van der Waals surface area contributed by atoms with Gasteiger partial charge in [0.2, 0.25) is 15.9 Å². The van der Waals surface area contributed by atoms with E-state index in [1.807, 2.05) is 13.0 Å². The van der Waals surface area contributed by atoms with Crippen LogP contribution in [0.3, 0.4) is 0 Å². The summed E-state index contributed by atoms with van der Waals surface area (Å²) in [6, 6.07) is 15.1. The van der Waals surface area contributed by atoms with Crippen molar-refractivity contribution in [2.24, 2.45) is 0 Å². The minimum Gasteiger partial charge on any atom is -0.352 e. The predicted octanol–water partition coefficient (Wildman–Crippen LogP) is 3.40. The molecule has 2 aromatic carbocycles. The number of amides is 2. The SMILES string of the molecule is CCC1CCCCN1S(=O)(=O)c1ccc(NC(=O)CCNC(=O)c2ccccc2)cc1. The number of sulfonamides is 1. The van der Waals surface area contributed by atoms with E-state index in [0.717, 1.165) is 25.7 Å². The number of hydrogen-bond acceptors (Lipinski definition) is 4. The minimum atomic E-state index is -3.55. The molecule has 0 radical (unpaired) electrons. The number of carbonyl (C=O) groups is 2. The molecule has 2 amide bonds. The van der Waals surface area contributed by atoms with Crippen molar-refractivity contribution in [3.05, 3.63) is 60.2 Å². The topological polar surface area (TPSA) is 95.6 Å². The molecule has 8 heteroatoms. The lowest BCUT2D eigenvalue weighted by Gasteiger charge is -2.34. The molecule has 1 heterocycles. The van der Waals surface area contributed by atoms with E-state index in [4.69, 9.17) is 0 Å². The predicted molar refractivity (Wildman–Crippen MR) is 120 cm³/mol. The molecule has 1 atom stereocenters. The highest BCUT2D eigenvalue weighted by Crippen LogP contribution is 2.27. The Morgan fingerprint density at radius 3 is 2.42 bits per heavy atom. The van der Waals surface area contributed by atoms with Crippen molar-refractivity contribution in [3.63, 3.8) is 0 Å². The van der Waals surface area contributed by atoms with Gasteiger partial charge in [-0.25, -0.2) is 8.42 Å². The van der Waals surface area contributed by atoms with Gasteiger partial charge in [0, 0.05) is 36.8 Å². The molecular weight excluding hydrogens is 414 g/mol. The summed E-state index contributed by atoms with van der Waals surface area (Å²) in [5, 5.41) is 5.44. The largest absolute Gasteiger partial charge is 0.352 e. The van der Waals surface area contributed by atoms with E-state index in [1.54, 1.807) is 40.7 Å². The van der Waals surface area contributed by atoms with Gasteiger partial charge in [0.05, 0.1) is 4.90 Å². The van der Waals surface area contributed by atoms with Crippen molar-refractivity contribution in [2.45, 2.75) is 50.0 Å². The standard InChI is InChI=1S/C23H29N3O4S/c1-2-20-10-6-7-17-26(20)31(29,30)21-13-11-19(12-14-21)25-22(27)15-16-24-23(28)18-8-4-3-5-9-18/h3-5,8-9,11-14,20H,2,6-7,10,15-17H2,1H3,(H,24,28)(H,25,27). The molecule has 7 nitrogen and oxygen atoms in total. The summed E-state index contributed by atoms with van der Waals surface area (Å²) in [5.74, 6) is -0.489. The van der Waals surface area contributed by atoms with Gasteiger partial charge < -0.3 is 10.6 Å². The fourth-order valence-electron chi connectivity index (χ4n) is 3.75. The van der Waals surface area contributed by atoms with Crippen LogP contribution in [-0.2, 0) is 14.8 Å². The first kappa shape index (κ1) is 23.0. The number of hydrogen-bond donors (Lipinski definition) is 2. The fraction of sp³-hybridized carbons (Fsp3) is 0.391. The van der Waals surface area contributed by atoms with Gasteiger partial charge in [0.15, 0.2) is 0 Å². The van der Waals surface area contributed by atoms with E-state index in [9.17, 15) is 18.0 Å². The van der Waals surface area contributed by atoms with Crippen molar-refractivity contribution in [3.8, 4) is 0 Å². The van der Waals surface area contributed by atoms with Gasteiger partial charge in [-0.15, -0.1) is 0 Å². The zero-order chi connectivity index (χ0) is 22.3. The molecule has 0 aliphatic carbocycles. The van der Waals surface area contributed by atoms with E-state index in [1.165, 1.54) is 12.1 Å². The zero-order valence-electron chi connectivity index (χ0n) is 17.7. The van der Waals surface area contributed by atoms with Crippen LogP contribution in [-0.4, -0.2) is 43.7 Å². The van der Waals surface area contributed by atoms with E-state index in [-0.39, 0.29) is 35.7 Å². The number of carbonyl (C=O) groups excluding carboxylic acids is 2. The Hall–Kier alpha value is -2.71. The monoisotopic (exact) mass is 443 g/mol. The van der Waals surface area contributed by atoms with Crippen LogP contribution >= 0.6 is 0 Å². The molecule has 2 aromatic rings. The van der Waals surface area contributed by atoms with Gasteiger partial charge in [-0.2, -0.15) is 4.31 Å². The third-order valence-corrected chi connectivity index (χ3v) is 7.43. The van der Waals surface area contributed by atoms with E-state index in [2.05, 4.69) is 10.6 Å². The van der Waals surface area contributed by atoms with Gasteiger partial charge in [0.25, 0.3) is 5.91 Å². The number of nitrogens with one attached hydrogen (secondary N) is 2. The minimum absolute atomic E-state index is 0.0456. The van der Waals surface area contributed by atoms with Crippen LogP contribution < -0.4 is 10.6 Å². The van der Waals surface area contributed by atoms with Crippen LogP contribution in [0.2, 0.25) is 0 Å². The second-order valence-electron chi connectivity index (χ2n) is 7.62. The third-order valence-electron chi connectivity index (χ3n) is 5.46. The van der Waals surface area contributed by atoms with Crippen LogP contribution in [0.1, 0.15) is 49.4 Å². The molecule has 1 aliphatic rings. The molecule has 0 spiro atoms. The fourth-order valence-corrected chi connectivity index (χ4v) is 5.52. The van der Waals surface area contributed by atoms with Crippen LogP contribution in [0.15, 0.2) is 59.5 Å². The second-order valence-corrected chi connectivity index (χ2v) is 9.51. The molecule has 3 rings (SSSR count). The highest BCUT2D eigenvalue weighted by atomic mass is 32.2. The van der Waals surface area contributed by atoms with Crippen LogP contribution in [0.5, 0.6) is 0 Å². The van der Waals surface area contributed by atoms with Crippen molar-refractivity contribution >= 4 is 27.5 Å². The molecule has 1 unspecified atom stereocenters. The van der Waals surface area contributed by atoms with Gasteiger partial charge in [-0.3, -0.25) is 9.59 Å². The number of benzene rings is 2. The zero-order valence-corrected chi connectivity index (χ0v) is 18.5. The molecule has 31 heavy (non-hydrogen) atoms. The Morgan fingerprint density at radius 2 is 1.74 bits per heavy atom. The molecular formula is C23H29N3O4S. The lowest BCUT2D eigenvalue weighted by atomic mass is 10.0. The maximum Gasteiger partial charge on any atom is 0.251 e. The lowest BCUT2D eigenvalue weighted by molar-refractivity contribution is -0.116. The van der Waals surface area contributed by atoms with Gasteiger partial charge in [0.1, 0.15) is 0 Å². The maximum atomic E-state index is 13.0. The molecule has 0 aromatic heterocycles. The van der Waals surface area contributed by atoms with Crippen molar-refractivity contribution in [2.75, 3.05) is 18.4 Å². The van der Waals surface area contributed by atoms with Crippen LogP contribution in [0.4, 0.5) is 5.69 Å². The van der Waals surface area contributed by atoms with Gasteiger partial charge in [-0.05, 0) is 55.7 Å².